The van der Waals surface area contributed by atoms with E-state index in [1.165, 1.54) is 16.3 Å². The summed E-state index contributed by atoms with van der Waals surface area (Å²) in [6, 6.07) is 14.8. The maximum Gasteiger partial charge on any atom is 0.136 e. The van der Waals surface area contributed by atoms with Crippen molar-refractivity contribution in [3.63, 3.8) is 0 Å². The van der Waals surface area contributed by atoms with Crippen molar-refractivity contribution in [3.8, 4) is 0 Å². The summed E-state index contributed by atoms with van der Waals surface area (Å²) in [7, 11) is 0. The summed E-state index contributed by atoms with van der Waals surface area (Å²) in [5.74, 6) is 0.579. The molecule has 0 aliphatic carbocycles. The highest BCUT2D eigenvalue weighted by Crippen LogP contribution is 2.24. The minimum absolute atomic E-state index is 0.181. The lowest BCUT2D eigenvalue weighted by atomic mass is 9.88. The van der Waals surface area contributed by atoms with Crippen molar-refractivity contribution in [3.05, 3.63) is 48.0 Å². The second-order valence-corrected chi connectivity index (χ2v) is 5.15. The Morgan fingerprint density at radius 2 is 1.79 bits per heavy atom. The van der Waals surface area contributed by atoms with Crippen LogP contribution in [0.3, 0.4) is 0 Å². The lowest BCUT2D eigenvalue weighted by Crippen LogP contribution is -2.16. The molecule has 0 aromatic heterocycles. The number of hydrogen-bond acceptors (Lipinski definition) is 1. The summed E-state index contributed by atoms with van der Waals surface area (Å²) in [4.78, 5) is 12.0. The Kier molecular flexibility index (Phi) is 4.73. The molecule has 1 nitrogen and oxygen atoms in total. The lowest BCUT2D eigenvalue weighted by molar-refractivity contribution is -0.122. The zero-order valence-electron chi connectivity index (χ0n) is 11.9. The molecule has 0 saturated heterocycles. The summed E-state index contributed by atoms with van der Waals surface area (Å²) in [6.07, 6.45) is 3.59. The monoisotopic (exact) mass is 254 g/mol. The van der Waals surface area contributed by atoms with Gasteiger partial charge in [-0.3, -0.25) is 4.79 Å². The van der Waals surface area contributed by atoms with Gasteiger partial charge in [0.25, 0.3) is 0 Å². The molecule has 1 unspecified atom stereocenters. The van der Waals surface area contributed by atoms with Crippen molar-refractivity contribution in [2.45, 2.75) is 39.5 Å². The van der Waals surface area contributed by atoms with Crippen LogP contribution < -0.4 is 0 Å². The van der Waals surface area contributed by atoms with E-state index in [-0.39, 0.29) is 5.92 Å². The van der Waals surface area contributed by atoms with Crippen LogP contribution in [0.1, 0.15) is 38.7 Å². The highest BCUT2D eigenvalue weighted by Gasteiger charge is 2.17. The van der Waals surface area contributed by atoms with Crippen molar-refractivity contribution < 1.29 is 4.79 Å². The molecule has 0 heterocycles. The van der Waals surface area contributed by atoms with Gasteiger partial charge in [-0.15, -0.1) is 0 Å². The first-order chi connectivity index (χ1) is 9.26. The molecule has 0 saturated carbocycles. The molecule has 100 valence electrons. The number of rotatable bonds is 6. The zero-order valence-corrected chi connectivity index (χ0v) is 11.9. The average Bonchev–Trinajstić information content (AvgIpc) is 2.46. The molecular weight excluding hydrogens is 232 g/mol. The number of carbonyl (C=O) groups is 1. The summed E-state index contributed by atoms with van der Waals surface area (Å²) >= 11 is 0. The average molecular weight is 254 g/mol. The van der Waals surface area contributed by atoms with Crippen LogP contribution in [0.2, 0.25) is 0 Å². The summed E-state index contributed by atoms with van der Waals surface area (Å²) in [5.41, 5.74) is 1.30. The third kappa shape index (κ3) is 3.23. The molecule has 0 aliphatic rings. The molecule has 2 aromatic rings. The molecule has 2 aromatic carbocycles. The molecule has 0 bridgehead atoms. The zero-order chi connectivity index (χ0) is 13.7. The molecular formula is C18H22O. The van der Waals surface area contributed by atoms with Gasteiger partial charge in [0.15, 0.2) is 0 Å². The van der Waals surface area contributed by atoms with Crippen molar-refractivity contribution in [1.29, 1.82) is 0 Å². The normalized spacial score (nSPS) is 12.5. The predicted octanol–water partition coefficient (Wildman–Crippen LogP) is 4.78. The Bertz CT molecular complexity index is 551. The van der Waals surface area contributed by atoms with Crippen LogP contribution in [0.5, 0.6) is 0 Å². The smallest absolute Gasteiger partial charge is 0.136 e. The second kappa shape index (κ2) is 6.51. The molecule has 0 aliphatic heterocycles. The van der Waals surface area contributed by atoms with E-state index < -0.39 is 0 Å². The maximum atomic E-state index is 12.0. The van der Waals surface area contributed by atoms with E-state index in [0.717, 1.165) is 19.3 Å². The van der Waals surface area contributed by atoms with Crippen LogP contribution in [0.4, 0.5) is 0 Å². The molecule has 0 spiro atoms. The SMILES string of the molecule is CCCC(Cc1cccc2ccccc12)C(=O)CC. The molecule has 0 amide bonds. The largest absolute Gasteiger partial charge is 0.299 e. The van der Waals surface area contributed by atoms with Crippen molar-refractivity contribution in [2.75, 3.05) is 0 Å². The Morgan fingerprint density at radius 3 is 2.53 bits per heavy atom. The van der Waals surface area contributed by atoms with E-state index in [0.29, 0.717) is 12.2 Å². The first-order valence-corrected chi connectivity index (χ1v) is 7.25. The van der Waals surface area contributed by atoms with Gasteiger partial charge in [-0.2, -0.15) is 0 Å². The van der Waals surface area contributed by atoms with E-state index in [9.17, 15) is 4.79 Å². The van der Waals surface area contributed by atoms with Gasteiger partial charge in [-0.05, 0) is 29.2 Å². The highest BCUT2D eigenvalue weighted by molar-refractivity contribution is 5.87. The topological polar surface area (TPSA) is 17.1 Å². The second-order valence-electron chi connectivity index (χ2n) is 5.15. The van der Waals surface area contributed by atoms with Gasteiger partial charge in [0.05, 0.1) is 0 Å². The Labute approximate surface area is 115 Å². The van der Waals surface area contributed by atoms with E-state index >= 15 is 0 Å². The van der Waals surface area contributed by atoms with Crippen molar-refractivity contribution >= 4 is 16.6 Å². The first-order valence-electron chi connectivity index (χ1n) is 7.25. The minimum Gasteiger partial charge on any atom is -0.299 e. The van der Waals surface area contributed by atoms with Crippen LogP contribution in [-0.4, -0.2) is 5.78 Å². The Morgan fingerprint density at radius 1 is 1.05 bits per heavy atom. The van der Waals surface area contributed by atoms with E-state index in [1.807, 2.05) is 6.92 Å². The Balaban J connectivity index is 2.31. The van der Waals surface area contributed by atoms with Crippen LogP contribution in [0.15, 0.2) is 42.5 Å². The van der Waals surface area contributed by atoms with Crippen molar-refractivity contribution in [1.82, 2.24) is 0 Å². The van der Waals surface area contributed by atoms with Gasteiger partial charge in [-0.25, -0.2) is 0 Å². The van der Waals surface area contributed by atoms with E-state index in [4.69, 9.17) is 0 Å². The summed E-state index contributed by atoms with van der Waals surface area (Å²) in [5, 5.41) is 2.55. The minimum atomic E-state index is 0.181. The van der Waals surface area contributed by atoms with Crippen LogP contribution in [0, 0.1) is 5.92 Å². The fraction of sp³-hybridized carbons (Fsp3) is 0.389. The first kappa shape index (κ1) is 13.8. The fourth-order valence-corrected chi connectivity index (χ4v) is 2.75. The third-order valence-corrected chi connectivity index (χ3v) is 3.79. The lowest BCUT2D eigenvalue weighted by Gasteiger charge is -2.15. The molecule has 1 atom stereocenters. The van der Waals surface area contributed by atoms with Gasteiger partial charge in [-0.1, -0.05) is 62.7 Å². The summed E-state index contributed by atoms with van der Waals surface area (Å²) < 4.78 is 0. The fourth-order valence-electron chi connectivity index (χ4n) is 2.75. The van der Waals surface area contributed by atoms with Gasteiger partial charge in [0.1, 0.15) is 5.78 Å². The van der Waals surface area contributed by atoms with Crippen molar-refractivity contribution in [2.24, 2.45) is 5.92 Å². The summed E-state index contributed by atoms with van der Waals surface area (Å²) in [6.45, 7) is 4.12. The number of fused-ring (bicyclic) bond motifs is 1. The predicted molar refractivity (Wildman–Crippen MR) is 81.3 cm³/mol. The van der Waals surface area contributed by atoms with Gasteiger partial charge < -0.3 is 0 Å². The Hall–Kier alpha value is -1.63. The number of ketones is 1. The molecule has 0 N–H and O–H groups in total. The molecule has 19 heavy (non-hydrogen) atoms. The molecule has 2 rings (SSSR count). The van der Waals surface area contributed by atoms with Crippen LogP contribution in [-0.2, 0) is 11.2 Å². The van der Waals surface area contributed by atoms with Gasteiger partial charge in [0, 0.05) is 12.3 Å². The number of Topliss-reactive ketones (excluding diaryl/α,β-unsaturated/α-hetero) is 1. The molecule has 0 radical (unpaired) electrons. The van der Waals surface area contributed by atoms with Crippen LogP contribution in [0.25, 0.3) is 10.8 Å². The quantitative estimate of drug-likeness (QED) is 0.725. The number of hydrogen-bond donors (Lipinski definition) is 0. The van der Waals surface area contributed by atoms with Crippen LogP contribution >= 0.6 is 0 Å². The van der Waals surface area contributed by atoms with E-state index in [2.05, 4.69) is 49.4 Å². The maximum absolute atomic E-state index is 12.0. The highest BCUT2D eigenvalue weighted by atomic mass is 16.1. The number of benzene rings is 2. The van der Waals surface area contributed by atoms with Gasteiger partial charge in [0.2, 0.25) is 0 Å². The standard InChI is InChI=1S/C18H22O/c1-3-8-16(18(19)4-2)13-15-11-7-10-14-9-5-6-12-17(14)15/h5-7,9-12,16H,3-4,8,13H2,1-2H3. The third-order valence-electron chi connectivity index (χ3n) is 3.79. The van der Waals surface area contributed by atoms with E-state index in [1.54, 1.807) is 0 Å². The molecule has 0 fully saturated rings. The molecule has 1 heteroatoms. The number of carbonyl (C=O) groups excluding carboxylic acids is 1. The van der Waals surface area contributed by atoms with Gasteiger partial charge >= 0.3 is 0 Å².